The first-order valence-corrected chi connectivity index (χ1v) is 7.14. The van der Waals surface area contributed by atoms with Gasteiger partial charge in [-0.05, 0) is 32.4 Å². The molecule has 0 saturated heterocycles. The second-order valence-electron chi connectivity index (χ2n) is 4.69. The number of anilines is 2. The van der Waals surface area contributed by atoms with E-state index in [0.29, 0.717) is 5.95 Å². The number of nitrogens with zero attached hydrogens (tertiary/aromatic N) is 3. The largest absolute Gasteiger partial charge is 0.357 e. The van der Waals surface area contributed by atoms with Crippen LogP contribution in [-0.2, 0) is 0 Å². The highest BCUT2D eigenvalue weighted by Crippen LogP contribution is 2.18. The first-order chi connectivity index (χ1) is 9.74. The Balaban J connectivity index is 2.12. The third kappa shape index (κ3) is 3.47. The van der Waals surface area contributed by atoms with Crippen molar-refractivity contribution in [2.24, 2.45) is 0 Å². The molecule has 1 atom stereocenters. The second-order valence-corrected chi connectivity index (χ2v) is 4.69. The molecule has 0 aliphatic heterocycles. The average molecular weight is 270 g/mol. The van der Waals surface area contributed by atoms with Gasteiger partial charge < -0.3 is 10.2 Å². The zero-order valence-corrected chi connectivity index (χ0v) is 12.4. The molecule has 0 bridgehead atoms. The molecule has 106 valence electrons. The van der Waals surface area contributed by atoms with E-state index in [0.717, 1.165) is 18.9 Å². The summed E-state index contributed by atoms with van der Waals surface area (Å²) in [6.07, 6.45) is 1.81. The molecule has 1 aromatic heterocycles. The Morgan fingerprint density at radius 2 is 1.80 bits per heavy atom. The quantitative estimate of drug-likeness (QED) is 0.872. The number of aromatic nitrogens is 2. The van der Waals surface area contributed by atoms with E-state index in [2.05, 4.69) is 53.1 Å². The summed E-state index contributed by atoms with van der Waals surface area (Å²) in [5, 5.41) is 3.35. The topological polar surface area (TPSA) is 41.1 Å². The van der Waals surface area contributed by atoms with Crippen molar-refractivity contribution in [3.05, 3.63) is 48.2 Å². The predicted octanol–water partition coefficient (Wildman–Crippen LogP) is 3.50. The van der Waals surface area contributed by atoms with Gasteiger partial charge in [-0.15, -0.1) is 0 Å². The summed E-state index contributed by atoms with van der Waals surface area (Å²) in [5.41, 5.74) is 1.23. The van der Waals surface area contributed by atoms with Crippen molar-refractivity contribution in [1.29, 1.82) is 0 Å². The maximum Gasteiger partial charge on any atom is 0.225 e. The van der Waals surface area contributed by atoms with Crippen LogP contribution in [0.5, 0.6) is 0 Å². The van der Waals surface area contributed by atoms with Gasteiger partial charge in [0, 0.05) is 19.3 Å². The van der Waals surface area contributed by atoms with E-state index in [1.54, 1.807) is 6.20 Å². The summed E-state index contributed by atoms with van der Waals surface area (Å²) in [7, 11) is 0. The highest BCUT2D eigenvalue weighted by Gasteiger charge is 2.08. The molecule has 0 saturated carbocycles. The van der Waals surface area contributed by atoms with Gasteiger partial charge >= 0.3 is 0 Å². The first-order valence-electron chi connectivity index (χ1n) is 7.14. The van der Waals surface area contributed by atoms with Crippen molar-refractivity contribution in [3.8, 4) is 0 Å². The summed E-state index contributed by atoms with van der Waals surface area (Å²) in [6, 6.07) is 12.4. The van der Waals surface area contributed by atoms with Gasteiger partial charge in [0.2, 0.25) is 5.95 Å². The van der Waals surface area contributed by atoms with E-state index in [9.17, 15) is 0 Å². The molecule has 1 unspecified atom stereocenters. The predicted molar refractivity (Wildman–Crippen MR) is 84.1 cm³/mol. The van der Waals surface area contributed by atoms with Gasteiger partial charge in [-0.3, -0.25) is 0 Å². The van der Waals surface area contributed by atoms with Crippen LogP contribution in [0.2, 0.25) is 0 Å². The van der Waals surface area contributed by atoms with Gasteiger partial charge in [0.25, 0.3) is 0 Å². The monoisotopic (exact) mass is 270 g/mol. The summed E-state index contributed by atoms with van der Waals surface area (Å²) >= 11 is 0. The van der Waals surface area contributed by atoms with E-state index in [4.69, 9.17) is 0 Å². The Bertz CT molecular complexity index is 523. The number of hydrogen-bond donors (Lipinski definition) is 1. The zero-order chi connectivity index (χ0) is 14.4. The number of nitrogens with one attached hydrogen (secondary N) is 1. The van der Waals surface area contributed by atoms with E-state index in [1.165, 1.54) is 5.56 Å². The van der Waals surface area contributed by atoms with Crippen LogP contribution in [-0.4, -0.2) is 23.1 Å². The van der Waals surface area contributed by atoms with Gasteiger partial charge in [-0.1, -0.05) is 30.3 Å². The zero-order valence-electron chi connectivity index (χ0n) is 12.4. The molecule has 1 N–H and O–H groups in total. The lowest BCUT2D eigenvalue weighted by Gasteiger charge is -2.21. The van der Waals surface area contributed by atoms with Gasteiger partial charge in [0.05, 0.1) is 6.04 Å². The fraction of sp³-hybridized carbons (Fsp3) is 0.375. The van der Waals surface area contributed by atoms with Crippen molar-refractivity contribution < 1.29 is 0 Å². The lowest BCUT2D eigenvalue weighted by molar-refractivity contribution is 0.826. The van der Waals surface area contributed by atoms with Gasteiger partial charge in [-0.2, -0.15) is 4.98 Å². The molecule has 0 aliphatic rings. The van der Waals surface area contributed by atoms with Crippen LogP contribution in [0.3, 0.4) is 0 Å². The Morgan fingerprint density at radius 1 is 1.10 bits per heavy atom. The van der Waals surface area contributed by atoms with E-state index < -0.39 is 0 Å². The highest BCUT2D eigenvalue weighted by molar-refractivity contribution is 5.43. The molecule has 0 amide bonds. The highest BCUT2D eigenvalue weighted by atomic mass is 15.2. The fourth-order valence-electron chi connectivity index (χ4n) is 2.16. The van der Waals surface area contributed by atoms with Crippen molar-refractivity contribution in [1.82, 2.24) is 9.97 Å². The van der Waals surface area contributed by atoms with Crippen LogP contribution in [0.4, 0.5) is 11.8 Å². The van der Waals surface area contributed by atoms with E-state index in [1.807, 2.05) is 24.3 Å². The Labute approximate surface area is 120 Å². The second kappa shape index (κ2) is 6.89. The third-order valence-corrected chi connectivity index (χ3v) is 3.37. The van der Waals surface area contributed by atoms with Crippen molar-refractivity contribution in [2.45, 2.75) is 26.8 Å². The lowest BCUT2D eigenvalue weighted by atomic mass is 10.1. The first kappa shape index (κ1) is 14.3. The summed E-state index contributed by atoms with van der Waals surface area (Å²) < 4.78 is 0. The maximum absolute atomic E-state index is 4.58. The van der Waals surface area contributed by atoms with Crippen molar-refractivity contribution >= 4 is 11.8 Å². The molecule has 2 rings (SSSR count). The van der Waals surface area contributed by atoms with Crippen LogP contribution in [0.15, 0.2) is 42.6 Å². The van der Waals surface area contributed by atoms with E-state index in [-0.39, 0.29) is 6.04 Å². The van der Waals surface area contributed by atoms with Crippen molar-refractivity contribution in [3.63, 3.8) is 0 Å². The average Bonchev–Trinajstić information content (AvgIpc) is 2.50. The Morgan fingerprint density at radius 3 is 2.45 bits per heavy atom. The van der Waals surface area contributed by atoms with E-state index >= 15 is 0 Å². The van der Waals surface area contributed by atoms with Crippen LogP contribution in [0.25, 0.3) is 0 Å². The Kier molecular flexibility index (Phi) is 4.93. The molecule has 2 aromatic rings. The summed E-state index contributed by atoms with van der Waals surface area (Å²) in [5.74, 6) is 1.64. The van der Waals surface area contributed by atoms with Gasteiger partial charge in [-0.25, -0.2) is 4.98 Å². The number of benzene rings is 1. The van der Waals surface area contributed by atoms with Crippen LogP contribution in [0.1, 0.15) is 32.4 Å². The molecule has 1 aromatic carbocycles. The maximum atomic E-state index is 4.58. The molecule has 4 heteroatoms. The SMILES string of the molecule is CCN(CC)c1ccnc(NC(C)c2ccccc2)n1. The molecule has 4 nitrogen and oxygen atoms in total. The minimum absolute atomic E-state index is 0.183. The molecule has 0 radical (unpaired) electrons. The minimum atomic E-state index is 0.183. The molecule has 0 fully saturated rings. The molecular weight excluding hydrogens is 248 g/mol. The molecule has 0 spiro atoms. The van der Waals surface area contributed by atoms with Crippen molar-refractivity contribution in [2.75, 3.05) is 23.3 Å². The van der Waals surface area contributed by atoms with Gasteiger partial charge in [0.15, 0.2) is 0 Å². The van der Waals surface area contributed by atoms with Crippen LogP contribution in [0, 0.1) is 0 Å². The van der Waals surface area contributed by atoms with Crippen LogP contribution < -0.4 is 10.2 Å². The molecular formula is C16H22N4. The van der Waals surface area contributed by atoms with Gasteiger partial charge in [0.1, 0.15) is 5.82 Å². The standard InChI is InChI=1S/C16H22N4/c1-4-20(5-2)15-11-12-17-16(19-15)18-13(3)14-9-7-6-8-10-14/h6-13H,4-5H2,1-3H3,(H,17,18,19). The normalized spacial score (nSPS) is 11.9. The molecule has 1 heterocycles. The molecule has 20 heavy (non-hydrogen) atoms. The lowest BCUT2D eigenvalue weighted by Crippen LogP contribution is -2.23. The minimum Gasteiger partial charge on any atom is -0.357 e. The molecule has 0 aliphatic carbocycles. The summed E-state index contributed by atoms with van der Waals surface area (Å²) in [4.78, 5) is 11.1. The smallest absolute Gasteiger partial charge is 0.225 e. The Hall–Kier alpha value is -2.10. The number of hydrogen-bond acceptors (Lipinski definition) is 4. The third-order valence-electron chi connectivity index (χ3n) is 3.37. The fourth-order valence-corrected chi connectivity index (χ4v) is 2.16. The summed E-state index contributed by atoms with van der Waals surface area (Å²) in [6.45, 7) is 8.27. The number of rotatable bonds is 6. The van der Waals surface area contributed by atoms with Crippen LogP contribution >= 0.6 is 0 Å².